The van der Waals surface area contributed by atoms with Crippen molar-refractivity contribution in [2.45, 2.75) is 45.3 Å². The molecule has 1 aliphatic heterocycles. The highest BCUT2D eigenvalue weighted by Crippen LogP contribution is 2.24. The number of rotatable bonds is 3. The van der Waals surface area contributed by atoms with Gasteiger partial charge in [0.15, 0.2) is 0 Å². The minimum atomic E-state index is 0.0482. The lowest BCUT2D eigenvalue weighted by Gasteiger charge is -2.19. The van der Waals surface area contributed by atoms with Crippen LogP contribution in [0.25, 0.3) is 0 Å². The lowest BCUT2D eigenvalue weighted by Crippen LogP contribution is -2.18. The molecule has 2 rings (SSSR count). The van der Waals surface area contributed by atoms with Crippen LogP contribution in [-0.2, 0) is 19.6 Å². The number of nitrogens with two attached hydrogens (primary N) is 1. The lowest BCUT2D eigenvalue weighted by atomic mass is 10.1. The molecular formula is C11H19N3O. The van der Waals surface area contributed by atoms with E-state index in [4.69, 9.17) is 5.73 Å². The lowest BCUT2D eigenvalue weighted by molar-refractivity contribution is 0.275. The second-order valence-electron chi connectivity index (χ2n) is 4.27. The summed E-state index contributed by atoms with van der Waals surface area (Å²) >= 11 is 0. The Labute approximate surface area is 90.1 Å². The van der Waals surface area contributed by atoms with E-state index in [-0.39, 0.29) is 12.5 Å². The first-order chi connectivity index (χ1) is 7.27. The molecule has 0 bridgehead atoms. The third-order valence-corrected chi connectivity index (χ3v) is 3.17. The third kappa shape index (κ3) is 1.79. The summed E-state index contributed by atoms with van der Waals surface area (Å²) in [5.41, 5.74) is 7.75. The van der Waals surface area contributed by atoms with Gasteiger partial charge in [0.1, 0.15) is 5.82 Å². The number of aromatic nitrogens is 2. The second kappa shape index (κ2) is 4.33. The number of fused-ring (bicyclic) bond motifs is 1. The van der Waals surface area contributed by atoms with Gasteiger partial charge >= 0.3 is 0 Å². The summed E-state index contributed by atoms with van der Waals surface area (Å²) in [6.07, 6.45) is 3.45. The average molecular weight is 209 g/mol. The molecule has 0 fully saturated rings. The molecule has 1 unspecified atom stereocenters. The van der Waals surface area contributed by atoms with Crippen molar-refractivity contribution in [1.82, 2.24) is 9.55 Å². The van der Waals surface area contributed by atoms with Crippen molar-refractivity contribution in [3.8, 4) is 0 Å². The molecule has 2 heterocycles. The summed E-state index contributed by atoms with van der Waals surface area (Å²) in [5.74, 6) is 1.33. The Morgan fingerprint density at radius 3 is 3.00 bits per heavy atom. The fourth-order valence-corrected chi connectivity index (χ4v) is 2.26. The zero-order valence-electron chi connectivity index (χ0n) is 9.24. The number of aliphatic hydroxyl groups is 1. The molecule has 15 heavy (non-hydrogen) atoms. The van der Waals surface area contributed by atoms with E-state index in [0.717, 1.165) is 24.5 Å². The molecule has 3 N–H and O–H groups in total. The molecule has 1 aromatic rings. The molecule has 0 saturated carbocycles. The molecule has 1 aromatic heterocycles. The van der Waals surface area contributed by atoms with Gasteiger partial charge in [0.05, 0.1) is 12.3 Å². The van der Waals surface area contributed by atoms with Gasteiger partial charge in [-0.05, 0) is 19.3 Å². The summed E-state index contributed by atoms with van der Waals surface area (Å²) in [4.78, 5) is 4.51. The van der Waals surface area contributed by atoms with E-state index in [2.05, 4.69) is 16.5 Å². The van der Waals surface area contributed by atoms with E-state index < -0.39 is 0 Å². The van der Waals surface area contributed by atoms with Crippen molar-refractivity contribution >= 4 is 0 Å². The quantitative estimate of drug-likeness (QED) is 0.773. The van der Waals surface area contributed by atoms with E-state index in [1.165, 1.54) is 18.5 Å². The molecule has 4 heteroatoms. The fraction of sp³-hybridized carbons (Fsp3) is 0.727. The first-order valence-corrected chi connectivity index (χ1v) is 5.67. The Morgan fingerprint density at radius 1 is 1.53 bits per heavy atom. The van der Waals surface area contributed by atoms with Crippen molar-refractivity contribution in [3.63, 3.8) is 0 Å². The highest BCUT2D eigenvalue weighted by Gasteiger charge is 2.21. The predicted molar refractivity (Wildman–Crippen MR) is 58.6 cm³/mol. The third-order valence-electron chi connectivity index (χ3n) is 3.17. The van der Waals surface area contributed by atoms with Gasteiger partial charge in [0.2, 0.25) is 0 Å². The Kier molecular flexibility index (Phi) is 3.07. The molecule has 1 aliphatic rings. The van der Waals surface area contributed by atoms with Crippen LogP contribution in [0.2, 0.25) is 0 Å². The maximum atomic E-state index is 9.25. The van der Waals surface area contributed by atoms with Gasteiger partial charge in [-0.3, -0.25) is 0 Å². The SMILES string of the molecule is CC(CN)c1nc(CO)c2n1CCCC2. The van der Waals surface area contributed by atoms with E-state index in [9.17, 15) is 5.11 Å². The average Bonchev–Trinajstić information content (AvgIpc) is 2.67. The predicted octanol–water partition coefficient (Wildman–Crippen LogP) is 0.774. The minimum absolute atomic E-state index is 0.0482. The summed E-state index contributed by atoms with van der Waals surface area (Å²) in [7, 11) is 0. The van der Waals surface area contributed by atoms with E-state index in [1.807, 2.05) is 0 Å². The standard InChI is InChI=1S/C11H19N3O/c1-8(6-12)11-13-9(7-15)10-4-2-3-5-14(10)11/h8,15H,2-7,12H2,1H3. The minimum Gasteiger partial charge on any atom is -0.390 e. The van der Waals surface area contributed by atoms with Crippen LogP contribution in [0, 0.1) is 0 Å². The van der Waals surface area contributed by atoms with Gasteiger partial charge < -0.3 is 15.4 Å². The fourth-order valence-electron chi connectivity index (χ4n) is 2.26. The first-order valence-electron chi connectivity index (χ1n) is 5.67. The largest absolute Gasteiger partial charge is 0.390 e. The Bertz CT molecular complexity index is 346. The number of imidazole rings is 1. The number of hydrogen-bond donors (Lipinski definition) is 2. The van der Waals surface area contributed by atoms with Crippen molar-refractivity contribution in [1.29, 1.82) is 0 Å². The number of aliphatic hydroxyl groups excluding tert-OH is 1. The Morgan fingerprint density at radius 2 is 2.33 bits per heavy atom. The second-order valence-corrected chi connectivity index (χ2v) is 4.27. The van der Waals surface area contributed by atoms with Gasteiger partial charge in [0, 0.05) is 24.7 Å². The van der Waals surface area contributed by atoms with Crippen molar-refractivity contribution < 1.29 is 5.11 Å². The van der Waals surface area contributed by atoms with Gasteiger partial charge in [-0.1, -0.05) is 6.92 Å². The van der Waals surface area contributed by atoms with E-state index >= 15 is 0 Å². The van der Waals surface area contributed by atoms with Gasteiger partial charge in [-0.2, -0.15) is 0 Å². The summed E-state index contributed by atoms with van der Waals surface area (Å²) < 4.78 is 2.26. The van der Waals surface area contributed by atoms with Gasteiger partial charge in [-0.15, -0.1) is 0 Å². The maximum absolute atomic E-state index is 9.25. The zero-order valence-corrected chi connectivity index (χ0v) is 9.24. The van der Waals surface area contributed by atoms with Crippen LogP contribution in [0.5, 0.6) is 0 Å². The zero-order chi connectivity index (χ0) is 10.8. The molecular weight excluding hydrogens is 190 g/mol. The van der Waals surface area contributed by atoms with Crippen molar-refractivity contribution in [3.05, 3.63) is 17.2 Å². The molecule has 4 nitrogen and oxygen atoms in total. The molecule has 0 amide bonds. The van der Waals surface area contributed by atoms with Gasteiger partial charge in [0.25, 0.3) is 0 Å². The van der Waals surface area contributed by atoms with E-state index in [1.54, 1.807) is 0 Å². The van der Waals surface area contributed by atoms with Crippen molar-refractivity contribution in [2.24, 2.45) is 5.73 Å². The van der Waals surface area contributed by atoms with Gasteiger partial charge in [-0.25, -0.2) is 4.98 Å². The Hall–Kier alpha value is -0.870. The maximum Gasteiger partial charge on any atom is 0.113 e. The van der Waals surface area contributed by atoms with Crippen LogP contribution in [0.1, 0.15) is 42.9 Å². The van der Waals surface area contributed by atoms with Crippen LogP contribution in [-0.4, -0.2) is 21.2 Å². The molecule has 0 aromatic carbocycles. The smallest absolute Gasteiger partial charge is 0.113 e. The normalized spacial score (nSPS) is 17.5. The molecule has 0 radical (unpaired) electrons. The first kappa shape index (κ1) is 10.6. The molecule has 0 saturated heterocycles. The highest BCUT2D eigenvalue weighted by molar-refractivity contribution is 5.20. The number of hydrogen-bond acceptors (Lipinski definition) is 3. The summed E-state index contributed by atoms with van der Waals surface area (Å²) in [5, 5.41) is 9.25. The van der Waals surface area contributed by atoms with E-state index in [0.29, 0.717) is 6.54 Å². The molecule has 0 spiro atoms. The van der Waals surface area contributed by atoms with Crippen molar-refractivity contribution in [2.75, 3.05) is 6.54 Å². The highest BCUT2D eigenvalue weighted by atomic mass is 16.3. The topological polar surface area (TPSA) is 64.1 Å². The molecule has 0 aliphatic carbocycles. The van der Waals surface area contributed by atoms with Crippen LogP contribution in [0.3, 0.4) is 0 Å². The monoisotopic (exact) mass is 209 g/mol. The number of nitrogens with zero attached hydrogens (tertiary/aromatic N) is 2. The summed E-state index contributed by atoms with van der Waals surface area (Å²) in [6.45, 7) is 3.78. The summed E-state index contributed by atoms with van der Waals surface area (Å²) in [6, 6.07) is 0. The molecule has 1 atom stereocenters. The molecule has 84 valence electrons. The van der Waals surface area contributed by atoms with Crippen LogP contribution in [0.15, 0.2) is 0 Å². The Balaban J connectivity index is 2.42. The van der Waals surface area contributed by atoms with Crippen LogP contribution < -0.4 is 5.73 Å². The van der Waals surface area contributed by atoms with Crippen LogP contribution in [0.4, 0.5) is 0 Å². The van der Waals surface area contributed by atoms with Crippen LogP contribution >= 0.6 is 0 Å².